The maximum atomic E-state index is 13.1. The fourth-order valence-corrected chi connectivity index (χ4v) is 6.35. The number of hydrogen-bond acceptors (Lipinski definition) is 7. The predicted octanol–water partition coefficient (Wildman–Crippen LogP) is 4.88. The number of ether oxygens (including phenoxy) is 1. The highest BCUT2D eigenvalue weighted by Crippen LogP contribution is 2.30. The molecule has 3 aromatic rings. The quantitative estimate of drug-likeness (QED) is 0.312. The van der Waals surface area contributed by atoms with Crippen LogP contribution in [0.4, 0.5) is 5.69 Å². The molecular formula is C25H32ClN5O4S2. The van der Waals surface area contributed by atoms with Crippen LogP contribution in [0.15, 0.2) is 52.5 Å². The number of halogens is 1. The Bertz CT molecular complexity index is 1340. The molecule has 0 radical (unpaired) electrons. The van der Waals surface area contributed by atoms with E-state index in [1.54, 1.807) is 57.4 Å². The summed E-state index contributed by atoms with van der Waals surface area (Å²) in [6.07, 6.45) is 0. The summed E-state index contributed by atoms with van der Waals surface area (Å²) < 4.78 is 34.8. The number of methoxy groups -OCH3 is 1. The smallest absolute Gasteiger partial charge is 0.243 e. The molecule has 0 bridgehead atoms. The summed E-state index contributed by atoms with van der Waals surface area (Å²) in [5.41, 5.74) is 2.16. The minimum absolute atomic E-state index is 0.0974. The van der Waals surface area contributed by atoms with E-state index in [1.165, 1.54) is 16.1 Å². The normalized spacial score (nSPS) is 12.6. The number of rotatable bonds is 12. The molecule has 37 heavy (non-hydrogen) atoms. The van der Waals surface area contributed by atoms with E-state index in [0.717, 1.165) is 5.56 Å². The molecule has 0 saturated carbocycles. The van der Waals surface area contributed by atoms with E-state index >= 15 is 0 Å². The van der Waals surface area contributed by atoms with E-state index in [0.29, 0.717) is 47.0 Å². The molecule has 1 N–H and O–H groups in total. The molecule has 12 heteroatoms. The third kappa shape index (κ3) is 6.91. The van der Waals surface area contributed by atoms with Crippen LogP contribution in [0.1, 0.15) is 32.4 Å². The summed E-state index contributed by atoms with van der Waals surface area (Å²) in [5.74, 6) is 0.382. The van der Waals surface area contributed by atoms with E-state index in [9.17, 15) is 13.2 Å². The van der Waals surface area contributed by atoms with Gasteiger partial charge in [-0.1, -0.05) is 55.4 Å². The van der Waals surface area contributed by atoms with Crippen molar-refractivity contribution in [3.8, 4) is 11.4 Å². The molecule has 0 saturated heterocycles. The molecule has 3 rings (SSSR count). The van der Waals surface area contributed by atoms with Crippen LogP contribution in [0.3, 0.4) is 0 Å². The van der Waals surface area contributed by atoms with Crippen LogP contribution in [0.5, 0.6) is 0 Å². The number of hydrogen-bond donors (Lipinski definition) is 1. The maximum absolute atomic E-state index is 13.1. The molecule has 1 atom stereocenters. The second kappa shape index (κ2) is 12.9. The Morgan fingerprint density at radius 3 is 2.59 bits per heavy atom. The molecule has 0 fully saturated rings. The summed E-state index contributed by atoms with van der Waals surface area (Å²) in [6, 6.07) is 11.8. The van der Waals surface area contributed by atoms with Gasteiger partial charge in [0.2, 0.25) is 15.9 Å². The Hall–Kier alpha value is -2.44. The molecule has 2 aromatic carbocycles. The number of aryl methyl sites for hydroxylation is 1. The SMILES string of the molecule is CCN(CC)S(=O)(=O)c1cccc(-c2nnc(SCC(=O)Nc3cc(Cl)ccc3C)n2[C@@H](C)COC)c1. The van der Waals surface area contributed by atoms with Crippen molar-refractivity contribution in [1.29, 1.82) is 0 Å². The molecule has 0 unspecified atom stereocenters. The monoisotopic (exact) mass is 565 g/mol. The van der Waals surface area contributed by atoms with Crippen LogP contribution >= 0.6 is 23.4 Å². The van der Waals surface area contributed by atoms with Crippen LogP contribution < -0.4 is 5.32 Å². The van der Waals surface area contributed by atoms with Crippen molar-refractivity contribution in [3.05, 3.63) is 53.1 Å². The van der Waals surface area contributed by atoms with Gasteiger partial charge in [0.15, 0.2) is 11.0 Å². The number of carbonyl (C=O) groups is 1. The highest BCUT2D eigenvalue weighted by Gasteiger charge is 2.24. The fourth-order valence-electron chi connectivity index (χ4n) is 3.84. The lowest BCUT2D eigenvalue weighted by Gasteiger charge is -2.20. The van der Waals surface area contributed by atoms with Crippen molar-refractivity contribution < 1.29 is 17.9 Å². The zero-order chi connectivity index (χ0) is 27.2. The number of thioether (sulfide) groups is 1. The predicted molar refractivity (Wildman–Crippen MR) is 148 cm³/mol. The van der Waals surface area contributed by atoms with Crippen LogP contribution in [0.2, 0.25) is 5.02 Å². The molecular weight excluding hydrogens is 534 g/mol. The number of sulfonamides is 1. The molecule has 0 aliphatic rings. The second-order valence-electron chi connectivity index (χ2n) is 8.39. The van der Waals surface area contributed by atoms with Gasteiger partial charge in [0.25, 0.3) is 0 Å². The van der Waals surface area contributed by atoms with Crippen LogP contribution in [0.25, 0.3) is 11.4 Å². The van der Waals surface area contributed by atoms with Gasteiger partial charge in [-0.25, -0.2) is 8.42 Å². The van der Waals surface area contributed by atoms with E-state index in [2.05, 4.69) is 15.5 Å². The third-order valence-corrected chi connectivity index (χ3v) is 8.98. The lowest BCUT2D eigenvalue weighted by Crippen LogP contribution is -2.30. The van der Waals surface area contributed by atoms with Gasteiger partial charge in [-0.3, -0.25) is 9.36 Å². The fraction of sp³-hybridized carbons (Fsp3) is 0.400. The van der Waals surface area contributed by atoms with Crippen LogP contribution in [0, 0.1) is 6.92 Å². The number of amides is 1. The van der Waals surface area contributed by atoms with Crippen LogP contribution in [-0.4, -0.2) is 66.0 Å². The van der Waals surface area contributed by atoms with Crippen molar-refractivity contribution in [2.45, 2.75) is 43.8 Å². The Morgan fingerprint density at radius 1 is 1.19 bits per heavy atom. The van der Waals surface area contributed by atoms with Gasteiger partial charge >= 0.3 is 0 Å². The first-order valence-corrected chi connectivity index (χ1v) is 14.7. The standard InChI is InChI=1S/C25H32ClN5O4S2/c1-6-30(7-2)37(33,34)21-10-8-9-19(13-21)24-28-29-25(31(24)18(4)15-35-5)36-16-23(32)27-22-14-20(26)12-11-17(22)3/h8-14,18H,6-7,15-16H2,1-5H3,(H,27,32)/t18-/m0/s1. The largest absolute Gasteiger partial charge is 0.383 e. The summed E-state index contributed by atoms with van der Waals surface area (Å²) in [5, 5.41) is 12.6. The minimum atomic E-state index is -3.64. The van der Waals surface area contributed by atoms with Gasteiger partial charge in [-0.15, -0.1) is 10.2 Å². The molecule has 0 spiro atoms. The molecule has 9 nitrogen and oxygen atoms in total. The lowest BCUT2D eigenvalue weighted by atomic mass is 10.2. The number of aromatic nitrogens is 3. The van der Waals surface area contributed by atoms with E-state index in [-0.39, 0.29) is 22.6 Å². The van der Waals surface area contributed by atoms with Gasteiger partial charge in [0, 0.05) is 36.5 Å². The summed E-state index contributed by atoms with van der Waals surface area (Å²) in [4.78, 5) is 12.9. The lowest BCUT2D eigenvalue weighted by molar-refractivity contribution is -0.113. The van der Waals surface area contributed by atoms with Gasteiger partial charge in [-0.2, -0.15) is 4.31 Å². The van der Waals surface area contributed by atoms with Crippen molar-refractivity contribution in [3.63, 3.8) is 0 Å². The summed E-state index contributed by atoms with van der Waals surface area (Å²) in [6.45, 7) is 8.59. The number of anilines is 1. The minimum Gasteiger partial charge on any atom is -0.383 e. The Morgan fingerprint density at radius 2 is 1.92 bits per heavy atom. The van der Waals surface area contributed by atoms with Crippen molar-refractivity contribution >= 4 is 45.0 Å². The average molecular weight is 566 g/mol. The molecule has 200 valence electrons. The molecule has 1 aromatic heterocycles. The zero-order valence-electron chi connectivity index (χ0n) is 21.6. The molecule has 1 amide bonds. The molecule has 0 aliphatic heterocycles. The molecule has 1 heterocycles. The van der Waals surface area contributed by atoms with Gasteiger partial charge < -0.3 is 10.1 Å². The Labute approximate surface area is 227 Å². The van der Waals surface area contributed by atoms with Gasteiger partial charge in [0.05, 0.1) is 23.3 Å². The van der Waals surface area contributed by atoms with Crippen molar-refractivity contribution in [2.75, 3.05) is 37.9 Å². The highest BCUT2D eigenvalue weighted by molar-refractivity contribution is 7.99. The zero-order valence-corrected chi connectivity index (χ0v) is 24.0. The maximum Gasteiger partial charge on any atom is 0.243 e. The number of nitrogens with one attached hydrogen (secondary N) is 1. The Kier molecular flexibility index (Phi) is 10.1. The van der Waals surface area contributed by atoms with E-state index in [1.807, 2.05) is 24.5 Å². The third-order valence-electron chi connectivity index (χ3n) is 5.75. The topological polar surface area (TPSA) is 106 Å². The van der Waals surface area contributed by atoms with Crippen LogP contribution in [-0.2, 0) is 19.6 Å². The highest BCUT2D eigenvalue weighted by atomic mass is 35.5. The number of nitrogens with zero attached hydrogens (tertiary/aromatic N) is 4. The van der Waals surface area contributed by atoms with Gasteiger partial charge in [-0.05, 0) is 43.7 Å². The average Bonchev–Trinajstić information content (AvgIpc) is 3.30. The number of benzene rings is 2. The summed E-state index contributed by atoms with van der Waals surface area (Å²) >= 11 is 7.30. The van der Waals surface area contributed by atoms with Crippen molar-refractivity contribution in [2.24, 2.45) is 0 Å². The van der Waals surface area contributed by atoms with Gasteiger partial charge in [0.1, 0.15) is 0 Å². The van der Waals surface area contributed by atoms with E-state index in [4.69, 9.17) is 16.3 Å². The van der Waals surface area contributed by atoms with E-state index < -0.39 is 10.0 Å². The first-order valence-electron chi connectivity index (χ1n) is 11.9. The number of carbonyl (C=O) groups excluding carboxylic acids is 1. The summed E-state index contributed by atoms with van der Waals surface area (Å²) in [7, 11) is -2.04. The first-order chi connectivity index (χ1) is 17.6. The molecule has 0 aliphatic carbocycles. The van der Waals surface area contributed by atoms with Crippen molar-refractivity contribution in [1.82, 2.24) is 19.1 Å². The second-order valence-corrected chi connectivity index (χ2v) is 11.7. The first kappa shape index (κ1) is 29.1. The Balaban J connectivity index is 1.90.